The van der Waals surface area contributed by atoms with Gasteiger partial charge in [0.25, 0.3) is 0 Å². The molecule has 3 aromatic carbocycles. The first-order valence-electron chi connectivity index (χ1n) is 7.03. The molecule has 0 fully saturated rings. The van der Waals surface area contributed by atoms with E-state index in [2.05, 4.69) is 74.5 Å². The van der Waals surface area contributed by atoms with Gasteiger partial charge in [-0.05, 0) is 17.9 Å². The second kappa shape index (κ2) is 9.61. The molecule has 0 saturated heterocycles. The summed E-state index contributed by atoms with van der Waals surface area (Å²) in [5.74, 6) is 0.646. The van der Waals surface area contributed by atoms with Crippen LogP contribution in [0, 0.1) is 0 Å². The first kappa shape index (κ1) is 21.5. The Kier molecular flexibility index (Phi) is 9.39. The predicted molar refractivity (Wildman–Crippen MR) is 83.7 cm³/mol. The zero-order valence-corrected chi connectivity index (χ0v) is 16.8. The molecule has 0 aliphatic rings. The van der Waals surface area contributed by atoms with Crippen molar-refractivity contribution in [3.8, 4) is 11.1 Å². The molecule has 1 atom stereocenters. The van der Waals surface area contributed by atoms with E-state index in [1.807, 2.05) is 0 Å². The van der Waals surface area contributed by atoms with E-state index in [4.69, 9.17) is 0 Å². The number of benzene rings is 2. The Morgan fingerprint density at radius 3 is 2.18 bits per heavy atom. The monoisotopic (exact) mass is 407 g/mol. The Hall–Kier alpha value is -0.487. The van der Waals surface area contributed by atoms with E-state index in [1.54, 1.807) is 0 Å². The fraction of sp³-hybridized carbons (Fsp3) is 0.211. The van der Waals surface area contributed by atoms with Crippen LogP contribution in [0.25, 0.3) is 21.9 Å². The van der Waals surface area contributed by atoms with E-state index in [1.165, 1.54) is 33.9 Å². The van der Waals surface area contributed by atoms with Crippen LogP contribution in [0.2, 0.25) is 0 Å². The SMILES string of the molecule is CCC(C)c1ccc(-c2cc3ccccc3[cH-]2)cc1.[Cl-].[Cl-].[Zr+3]. The van der Waals surface area contributed by atoms with E-state index in [-0.39, 0.29) is 51.0 Å². The fourth-order valence-electron chi connectivity index (χ4n) is 2.56. The van der Waals surface area contributed by atoms with Crippen molar-refractivity contribution in [2.45, 2.75) is 26.2 Å². The zero-order chi connectivity index (χ0) is 13.2. The molecular weight excluding hydrogens is 390 g/mol. The second-order valence-corrected chi connectivity index (χ2v) is 5.30. The molecule has 3 aromatic rings. The molecule has 22 heavy (non-hydrogen) atoms. The molecule has 3 rings (SSSR count). The van der Waals surface area contributed by atoms with Crippen LogP contribution in [0.5, 0.6) is 0 Å². The molecule has 113 valence electrons. The van der Waals surface area contributed by atoms with Crippen molar-refractivity contribution < 1.29 is 51.0 Å². The zero-order valence-electron chi connectivity index (χ0n) is 12.8. The summed E-state index contributed by atoms with van der Waals surface area (Å²) in [5.41, 5.74) is 4.06. The number of hydrogen-bond donors (Lipinski definition) is 0. The summed E-state index contributed by atoms with van der Waals surface area (Å²) in [7, 11) is 0. The normalized spacial score (nSPS) is 11.0. The second-order valence-electron chi connectivity index (χ2n) is 5.30. The van der Waals surface area contributed by atoms with E-state index in [0.717, 1.165) is 0 Å². The minimum atomic E-state index is 0. The molecule has 0 heterocycles. The van der Waals surface area contributed by atoms with E-state index in [9.17, 15) is 0 Å². The van der Waals surface area contributed by atoms with Gasteiger partial charge >= 0.3 is 26.2 Å². The van der Waals surface area contributed by atoms with Gasteiger partial charge in [0, 0.05) is 0 Å². The van der Waals surface area contributed by atoms with E-state index >= 15 is 0 Å². The van der Waals surface area contributed by atoms with Gasteiger partial charge in [-0.3, -0.25) is 0 Å². The summed E-state index contributed by atoms with van der Waals surface area (Å²) in [4.78, 5) is 0. The maximum atomic E-state index is 2.28. The molecule has 0 bridgehead atoms. The maximum absolute atomic E-state index is 2.28. The van der Waals surface area contributed by atoms with Crippen LogP contribution in [0.1, 0.15) is 31.7 Å². The molecule has 0 amide bonds. The molecule has 1 radical (unpaired) electrons. The van der Waals surface area contributed by atoms with Crippen LogP contribution < -0.4 is 24.8 Å². The fourth-order valence-corrected chi connectivity index (χ4v) is 2.56. The average Bonchev–Trinajstić information content (AvgIpc) is 2.90. The summed E-state index contributed by atoms with van der Waals surface area (Å²) >= 11 is 0. The molecule has 0 nitrogen and oxygen atoms in total. The minimum absolute atomic E-state index is 0. The molecule has 0 N–H and O–H groups in total. The number of hydrogen-bond acceptors (Lipinski definition) is 0. The van der Waals surface area contributed by atoms with Crippen molar-refractivity contribution in [3.05, 3.63) is 66.2 Å². The maximum Gasteiger partial charge on any atom is 3.00 e. The summed E-state index contributed by atoms with van der Waals surface area (Å²) in [6, 6.07) is 22.1. The van der Waals surface area contributed by atoms with Crippen molar-refractivity contribution >= 4 is 10.8 Å². The Morgan fingerprint density at radius 1 is 0.955 bits per heavy atom. The Bertz CT molecular complexity index is 653. The first-order chi connectivity index (χ1) is 9.28. The Labute approximate surface area is 164 Å². The molecule has 3 heteroatoms. The standard InChI is InChI=1S/C19H19.2ClH.Zr/c1-3-14(2)15-8-10-16(11-9-15)19-12-17-6-4-5-7-18(17)13-19;;;/h4-14H,3H2,1-2H3;2*1H;/q-1;;;+3/p-2. The van der Waals surface area contributed by atoms with Gasteiger partial charge in [-0.15, -0.1) is 34.5 Å². The van der Waals surface area contributed by atoms with Gasteiger partial charge in [-0.1, -0.05) is 61.9 Å². The van der Waals surface area contributed by atoms with Crippen LogP contribution >= 0.6 is 0 Å². The smallest absolute Gasteiger partial charge is 1.00 e. The Morgan fingerprint density at radius 2 is 1.59 bits per heavy atom. The third-order valence-electron chi connectivity index (χ3n) is 4.04. The summed E-state index contributed by atoms with van der Waals surface area (Å²) in [5, 5.41) is 2.65. The van der Waals surface area contributed by atoms with Gasteiger partial charge in [0.15, 0.2) is 0 Å². The van der Waals surface area contributed by atoms with Crippen LogP contribution in [-0.4, -0.2) is 0 Å². The van der Waals surface area contributed by atoms with Crippen LogP contribution in [0.4, 0.5) is 0 Å². The van der Waals surface area contributed by atoms with Crippen molar-refractivity contribution in [2.24, 2.45) is 0 Å². The molecule has 0 aliphatic heterocycles. The Balaban J connectivity index is 0.00000147. The van der Waals surface area contributed by atoms with Gasteiger partial charge in [0.1, 0.15) is 0 Å². The van der Waals surface area contributed by atoms with Crippen LogP contribution in [-0.2, 0) is 26.2 Å². The number of rotatable bonds is 3. The molecule has 0 aromatic heterocycles. The summed E-state index contributed by atoms with van der Waals surface area (Å²) in [6.45, 7) is 4.52. The van der Waals surface area contributed by atoms with Gasteiger partial charge in [0.05, 0.1) is 0 Å². The van der Waals surface area contributed by atoms with Crippen molar-refractivity contribution in [3.63, 3.8) is 0 Å². The minimum Gasteiger partial charge on any atom is -1.00 e. The molecule has 0 aliphatic carbocycles. The van der Waals surface area contributed by atoms with E-state index in [0.29, 0.717) is 5.92 Å². The van der Waals surface area contributed by atoms with Crippen molar-refractivity contribution in [1.82, 2.24) is 0 Å². The largest absolute Gasteiger partial charge is 3.00 e. The molecule has 0 spiro atoms. The van der Waals surface area contributed by atoms with Gasteiger partial charge in [-0.25, -0.2) is 0 Å². The van der Waals surface area contributed by atoms with Crippen LogP contribution in [0.3, 0.4) is 0 Å². The van der Waals surface area contributed by atoms with Gasteiger partial charge < -0.3 is 24.8 Å². The quantitative estimate of drug-likeness (QED) is 0.524. The predicted octanol–water partition coefficient (Wildman–Crippen LogP) is -0.255. The van der Waals surface area contributed by atoms with Crippen molar-refractivity contribution in [2.75, 3.05) is 0 Å². The summed E-state index contributed by atoms with van der Waals surface area (Å²) in [6.07, 6.45) is 1.19. The van der Waals surface area contributed by atoms with E-state index < -0.39 is 0 Å². The summed E-state index contributed by atoms with van der Waals surface area (Å²) < 4.78 is 0. The molecule has 1 unspecified atom stereocenters. The molecule has 0 saturated carbocycles. The first-order valence-corrected chi connectivity index (χ1v) is 7.03. The topological polar surface area (TPSA) is 0 Å². The molecular formula is C19H19Cl2Zr. The number of fused-ring (bicyclic) bond motifs is 1. The number of halogens is 2. The van der Waals surface area contributed by atoms with Gasteiger partial charge in [-0.2, -0.15) is 0 Å². The van der Waals surface area contributed by atoms with Gasteiger partial charge in [0.2, 0.25) is 0 Å². The van der Waals surface area contributed by atoms with Crippen LogP contribution in [0.15, 0.2) is 60.7 Å². The third-order valence-corrected chi connectivity index (χ3v) is 4.04. The average molecular weight is 409 g/mol. The third kappa shape index (κ3) is 4.51. The van der Waals surface area contributed by atoms with Crippen molar-refractivity contribution in [1.29, 1.82) is 0 Å².